The molecule has 2 heterocycles. The van der Waals surface area contributed by atoms with Crippen LogP contribution in [0, 0.1) is 6.92 Å². The summed E-state index contributed by atoms with van der Waals surface area (Å²) in [5.41, 5.74) is 3.84. The standard InChI is InChI=1S/C18H18N4/c1-13-6-5-9-15(10-13)17-11-16(14-7-3-2-4-8-14)21-18-19-12-20-22(17)18/h2-10,12,16-17H,11H2,1H3,(H,19,20,21)/t16-,17-/m0/s1. The number of anilines is 1. The van der Waals surface area contributed by atoms with E-state index in [0.717, 1.165) is 12.4 Å². The SMILES string of the molecule is Cc1cccc([C@@H]2C[C@@H](c3ccccc3)Nc3ncnn32)c1. The molecule has 2 aromatic carbocycles. The van der Waals surface area contributed by atoms with Crippen molar-refractivity contribution >= 4 is 5.95 Å². The molecule has 1 aliphatic heterocycles. The normalized spacial score (nSPS) is 20.2. The van der Waals surface area contributed by atoms with Crippen LogP contribution in [-0.2, 0) is 0 Å². The third-order valence-corrected chi connectivity index (χ3v) is 4.26. The van der Waals surface area contributed by atoms with Crippen molar-refractivity contribution in [2.45, 2.75) is 25.4 Å². The number of aryl methyl sites for hydroxylation is 1. The number of nitrogens with zero attached hydrogens (tertiary/aromatic N) is 3. The average Bonchev–Trinajstić information content (AvgIpc) is 3.03. The number of rotatable bonds is 2. The molecule has 0 aliphatic carbocycles. The largest absolute Gasteiger partial charge is 0.348 e. The summed E-state index contributed by atoms with van der Waals surface area (Å²) in [6.07, 6.45) is 2.59. The van der Waals surface area contributed by atoms with E-state index >= 15 is 0 Å². The molecule has 0 unspecified atom stereocenters. The molecule has 2 atom stereocenters. The first-order valence-electron chi connectivity index (χ1n) is 7.59. The molecule has 4 nitrogen and oxygen atoms in total. The summed E-state index contributed by atoms with van der Waals surface area (Å²) in [5.74, 6) is 0.839. The minimum atomic E-state index is 0.212. The molecule has 1 N–H and O–H groups in total. The zero-order valence-corrected chi connectivity index (χ0v) is 12.5. The van der Waals surface area contributed by atoms with E-state index in [4.69, 9.17) is 0 Å². The van der Waals surface area contributed by atoms with Gasteiger partial charge in [-0.25, -0.2) is 4.68 Å². The highest BCUT2D eigenvalue weighted by Gasteiger charge is 2.29. The molecule has 0 radical (unpaired) electrons. The van der Waals surface area contributed by atoms with E-state index in [2.05, 4.69) is 70.9 Å². The highest BCUT2D eigenvalue weighted by molar-refractivity contribution is 5.38. The van der Waals surface area contributed by atoms with Gasteiger partial charge < -0.3 is 5.32 Å². The Morgan fingerprint density at radius 1 is 1.05 bits per heavy atom. The zero-order valence-electron chi connectivity index (χ0n) is 12.5. The maximum Gasteiger partial charge on any atom is 0.222 e. The van der Waals surface area contributed by atoms with E-state index in [0.29, 0.717) is 0 Å². The molecule has 4 rings (SSSR count). The van der Waals surface area contributed by atoms with Crippen LogP contribution in [0.3, 0.4) is 0 Å². The molecule has 22 heavy (non-hydrogen) atoms. The Kier molecular flexibility index (Phi) is 3.15. The maximum absolute atomic E-state index is 4.42. The van der Waals surface area contributed by atoms with Crippen LogP contribution in [0.1, 0.15) is 35.2 Å². The number of benzene rings is 2. The van der Waals surface area contributed by atoms with Gasteiger partial charge in [-0.3, -0.25) is 0 Å². The molecule has 0 saturated heterocycles. The molecule has 1 aliphatic rings. The lowest BCUT2D eigenvalue weighted by Gasteiger charge is -2.32. The van der Waals surface area contributed by atoms with Crippen LogP contribution in [0.25, 0.3) is 0 Å². The fourth-order valence-corrected chi connectivity index (χ4v) is 3.18. The van der Waals surface area contributed by atoms with Crippen molar-refractivity contribution in [3.05, 3.63) is 77.6 Å². The number of hydrogen-bond acceptors (Lipinski definition) is 3. The molecule has 3 aromatic rings. The van der Waals surface area contributed by atoms with Crippen LogP contribution in [0.4, 0.5) is 5.95 Å². The topological polar surface area (TPSA) is 42.7 Å². The third-order valence-electron chi connectivity index (χ3n) is 4.26. The van der Waals surface area contributed by atoms with Gasteiger partial charge >= 0.3 is 0 Å². The Morgan fingerprint density at radius 3 is 2.68 bits per heavy atom. The van der Waals surface area contributed by atoms with Gasteiger partial charge in [-0.05, 0) is 24.5 Å². The predicted molar refractivity (Wildman–Crippen MR) is 86.8 cm³/mol. The quantitative estimate of drug-likeness (QED) is 0.782. The van der Waals surface area contributed by atoms with Crippen molar-refractivity contribution in [3.8, 4) is 0 Å². The fraction of sp³-hybridized carbons (Fsp3) is 0.222. The molecular formula is C18H18N4. The summed E-state index contributed by atoms with van der Waals surface area (Å²) >= 11 is 0. The van der Waals surface area contributed by atoms with Crippen molar-refractivity contribution in [2.24, 2.45) is 0 Å². The molecule has 0 amide bonds. The Morgan fingerprint density at radius 2 is 1.86 bits per heavy atom. The van der Waals surface area contributed by atoms with Crippen LogP contribution < -0.4 is 5.32 Å². The first-order valence-corrected chi connectivity index (χ1v) is 7.59. The lowest BCUT2D eigenvalue weighted by molar-refractivity contribution is 0.430. The van der Waals surface area contributed by atoms with Gasteiger partial charge in [0.1, 0.15) is 6.33 Å². The van der Waals surface area contributed by atoms with Gasteiger partial charge in [-0.2, -0.15) is 10.1 Å². The van der Waals surface area contributed by atoms with Crippen molar-refractivity contribution < 1.29 is 0 Å². The molecule has 0 fully saturated rings. The third kappa shape index (κ3) is 2.26. The van der Waals surface area contributed by atoms with Crippen LogP contribution in [0.2, 0.25) is 0 Å². The Labute approximate surface area is 129 Å². The second kappa shape index (κ2) is 5.30. The van der Waals surface area contributed by atoms with Crippen molar-refractivity contribution in [1.29, 1.82) is 0 Å². The van der Waals surface area contributed by atoms with Crippen LogP contribution >= 0.6 is 0 Å². The van der Waals surface area contributed by atoms with Crippen LogP contribution in [0.15, 0.2) is 60.9 Å². The Balaban J connectivity index is 1.75. The smallest absolute Gasteiger partial charge is 0.222 e. The van der Waals surface area contributed by atoms with Crippen molar-refractivity contribution in [3.63, 3.8) is 0 Å². The first-order chi connectivity index (χ1) is 10.8. The zero-order chi connectivity index (χ0) is 14.9. The van der Waals surface area contributed by atoms with E-state index < -0.39 is 0 Å². The van der Waals surface area contributed by atoms with E-state index in [1.165, 1.54) is 16.7 Å². The number of aromatic nitrogens is 3. The number of fused-ring (bicyclic) bond motifs is 1. The van der Waals surface area contributed by atoms with Gasteiger partial charge in [-0.1, -0.05) is 60.2 Å². The highest BCUT2D eigenvalue weighted by Crippen LogP contribution is 2.37. The molecule has 110 valence electrons. The summed E-state index contributed by atoms with van der Waals surface area (Å²) in [6, 6.07) is 19.7. The highest BCUT2D eigenvalue weighted by atomic mass is 15.4. The summed E-state index contributed by atoms with van der Waals surface area (Å²) < 4.78 is 1.99. The Hall–Kier alpha value is -2.62. The molecule has 4 heteroatoms. The van der Waals surface area contributed by atoms with Gasteiger partial charge in [0, 0.05) is 0 Å². The van der Waals surface area contributed by atoms with E-state index in [9.17, 15) is 0 Å². The number of hydrogen-bond donors (Lipinski definition) is 1. The number of nitrogens with one attached hydrogen (secondary N) is 1. The van der Waals surface area contributed by atoms with Gasteiger partial charge in [0.05, 0.1) is 12.1 Å². The summed E-state index contributed by atoms with van der Waals surface area (Å²) in [7, 11) is 0. The monoisotopic (exact) mass is 290 g/mol. The molecular weight excluding hydrogens is 272 g/mol. The average molecular weight is 290 g/mol. The minimum Gasteiger partial charge on any atom is -0.348 e. The predicted octanol–water partition coefficient (Wildman–Crippen LogP) is 3.73. The summed E-state index contributed by atoms with van der Waals surface area (Å²) in [5, 5.41) is 7.91. The lowest BCUT2D eigenvalue weighted by atomic mass is 9.93. The van der Waals surface area contributed by atoms with E-state index in [1.54, 1.807) is 6.33 Å². The maximum atomic E-state index is 4.42. The molecule has 0 bridgehead atoms. The lowest BCUT2D eigenvalue weighted by Crippen LogP contribution is -2.28. The molecule has 0 spiro atoms. The van der Waals surface area contributed by atoms with Gasteiger partial charge in [0.2, 0.25) is 5.95 Å². The van der Waals surface area contributed by atoms with Gasteiger partial charge in [-0.15, -0.1) is 0 Å². The van der Waals surface area contributed by atoms with Crippen molar-refractivity contribution in [2.75, 3.05) is 5.32 Å². The van der Waals surface area contributed by atoms with Crippen LogP contribution in [0.5, 0.6) is 0 Å². The minimum absolute atomic E-state index is 0.212. The molecule has 0 saturated carbocycles. The van der Waals surface area contributed by atoms with Gasteiger partial charge in [0.15, 0.2) is 0 Å². The fourth-order valence-electron chi connectivity index (χ4n) is 3.18. The molecule has 1 aromatic heterocycles. The Bertz CT molecular complexity index is 779. The summed E-state index contributed by atoms with van der Waals surface area (Å²) in [6.45, 7) is 2.13. The van der Waals surface area contributed by atoms with E-state index in [1.807, 2.05) is 10.7 Å². The second-order valence-corrected chi connectivity index (χ2v) is 5.80. The van der Waals surface area contributed by atoms with Crippen LogP contribution in [-0.4, -0.2) is 14.8 Å². The first kappa shape index (κ1) is 13.1. The van der Waals surface area contributed by atoms with E-state index in [-0.39, 0.29) is 12.1 Å². The van der Waals surface area contributed by atoms with Gasteiger partial charge in [0.25, 0.3) is 0 Å². The summed E-state index contributed by atoms with van der Waals surface area (Å²) in [4.78, 5) is 4.37. The van der Waals surface area contributed by atoms with Crippen molar-refractivity contribution in [1.82, 2.24) is 14.8 Å². The second-order valence-electron chi connectivity index (χ2n) is 5.80.